The Morgan fingerprint density at radius 3 is 2.74 bits per heavy atom. The third-order valence-corrected chi connectivity index (χ3v) is 3.56. The summed E-state index contributed by atoms with van der Waals surface area (Å²) in [7, 11) is 1.39. The van der Waals surface area contributed by atoms with Gasteiger partial charge in [-0.3, -0.25) is 14.7 Å². The molecule has 126 valence electrons. The maximum atomic E-state index is 11.7. The SMILES string of the molecule is COC(=O)N1CCN(CCNC(=O)COc2cccnc2)CC1. The molecule has 0 radical (unpaired) electrons. The van der Waals surface area contributed by atoms with Gasteiger partial charge in [-0.25, -0.2) is 4.79 Å². The highest BCUT2D eigenvalue weighted by atomic mass is 16.5. The first-order chi connectivity index (χ1) is 11.2. The van der Waals surface area contributed by atoms with Crippen molar-refractivity contribution in [2.24, 2.45) is 0 Å². The molecule has 2 rings (SSSR count). The molecule has 0 aromatic carbocycles. The molecule has 1 aliphatic heterocycles. The summed E-state index contributed by atoms with van der Waals surface area (Å²) in [4.78, 5) is 30.9. The standard InChI is InChI=1S/C15H22N4O4/c1-22-15(21)19-9-7-18(8-10-19)6-5-17-14(20)12-23-13-3-2-4-16-11-13/h2-4,11H,5-10,12H2,1H3,(H,17,20). The average molecular weight is 322 g/mol. The summed E-state index contributed by atoms with van der Waals surface area (Å²) in [5.74, 6) is 0.406. The molecule has 2 heterocycles. The Labute approximate surface area is 135 Å². The van der Waals surface area contributed by atoms with E-state index < -0.39 is 0 Å². The molecule has 0 bridgehead atoms. The molecule has 0 atom stereocenters. The van der Waals surface area contributed by atoms with Crippen molar-refractivity contribution in [1.82, 2.24) is 20.1 Å². The normalized spacial score (nSPS) is 15.1. The van der Waals surface area contributed by atoms with E-state index in [2.05, 4.69) is 15.2 Å². The Morgan fingerprint density at radius 2 is 2.09 bits per heavy atom. The zero-order chi connectivity index (χ0) is 16.5. The van der Waals surface area contributed by atoms with Gasteiger partial charge in [-0.1, -0.05) is 0 Å². The van der Waals surface area contributed by atoms with Gasteiger partial charge in [0.15, 0.2) is 6.61 Å². The lowest BCUT2D eigenvalue weighted by Gasteiger charge is -2.33. The minimum Gasteiger partial charge on any atom is -0.482 e. The summed E-state index contributed by atoms with van der Waals surface area (Å²) in [6.07, 6.45) is 2.92. The Bertz CT molecular complexity index is 503. The number of hydrogen-bond acceptors (Lipinski definition) is 6. The van der Waals surface area contributed by atoms with Crippen molar-refractivity contribution >= 4 is 12.0 Å². The highest BCUT2D eigenvalue weighted by Gasteiger charge is 2.20. The summed E-state index contributed by atoms with van der Waals surface area (Å²) >= 11 is 0. The van der Waals surface area contributed by atoms with E-state index in [-0.39, 0.29) is 18.6 Å². The van der Waals surface area contributed by atoms with E-state index in [1.165, 1.54) is 7.11 Å². The molecular weight excluding hydrogens is 300 g/mol. The number of nitrogens with one attached hydrogen (secondary N) is 1. The van der Waals surface area contributed by atoms with Gasteiger partial charge in [-0.15, -0.1) is 0 Å². The van der Waals surface area contributed by atoms with Gasteiger partial charge >= 0.3 is 6.09 Å². The molecule has 1 saturated heterocycles. The van der Waals surface area contributed by atoms with Gasteiger partial charge in [0.25, 0.3) is 5.91 Å². The predicted molar refractivity (Wildman–Crippen MR) is 83.2 cm³/mol. The fraction of sp³-hybridized carbons (Fsp3) is 0.533. The highest BCUT2D eigenvalue weighted by molar-refractivity contribution is 5.77. The van der Waals surface area contributed by atoms with Crippen LogP contribution in [0.2, 0.25) is 0 Å². The molecule has 1 fully saturated rings. The first-order valence-corrected chi connectivity index (χ1v) is 7.54. The molecule has 0 aliphatic carbocycles. The number of rotatable bonds is 6. The quantitative estimate of drug-likeness (QED) is 0.791. The molecule has 1 aliphatic rings. The lowest BCUT2D eigenvalue weighted by Crippen LogP contribution is -2.50. The number of hydrogen-bond donors (Lipinski definition) is 1. The van der Waals surface area contributed by atoms with Crippen LogP contribution < -0.4 is 10.1 Å². The molecule has 0 spiro atoms. The van der Waals surface area contributed by atoms with Gasteiger partial charge in [0, 0.05) is 45.5 Å². The van der Waals surface area contributed by atoms with Crippen molar-refractivity contribution in [2.45, 2.75) is 0 Å². The molecule has 1 aromatic rings. The summed E-state index contributed by atoms with van der Waals surface area (Å²) in [5.41, 5.74) is 0. The molecule has 2 amide bonds. The maximum absolute atomic E-state index is 11.7. The fourth-order valence-electron chi connectivity index (χ4n) is 2.27. The second kappa shape index (κ2) is 8.94. The van der Waals surface area contributed by atoms with E-state index in [4.69, 9.17) is 9.47 Å². The van der Waals surface area contributed by atoms with E-state index in [0.717, 1.165) is 19.6 Å². The van der Waals surface area contributed by atoms with E-state index in [0.29, 0.717) is 25.4 Å². The number of amides is 2. The highest BCUT2D eigenvalue weighted by Crippen LogP contribution is 2.05. The van der Waals surface area contributed by atoms with Crippen LogP contribution in [0.1, 0.15) is 0 Å². The second-order valence-electron chi connectivity index (χ2n) is 5.13. The van der Waals surface area contributed by atoms with Crippen LogP contribution in [0.25, 0.3) is 0 Å². The van der Waals surface area contributed by atoms with Gasteiger partial charge in [0.05, 0.1) is 13.3 Å². The van der Waals surface area contributed by atoms with E-state index in [1.54, 1.807) is 29.4 Å². The maximum Gasteiger partial charge on any atom is 0.409 e. The van der Waals surface area contributed by atoms with Gasteiger partial charge in [0.2, 0.25) is 0 Å². The predicted octanol–water partition coefficient (Wildman–Crippen LogP) is -0.0394. The van der Waals surface area contributed by atoms with Crippen LogP contribution in [0.5, 0.6) is 5.75 Å². The molecule has 1 aromatic heterocycles. The van der Waals surface area contributed by atoms with Crippen molar-refractivity contribution in [1.29, 1.82) is 0 Å². The topological polar surface area (TPSA) is 84.0 Å². The second-order valence-corrected chi connectivity index (χ2v) is 5.13. The van der Waals surface area contributed by atoms with Crippen LogP contribution in [-0.4, -0.2) is 79.8 Å². The third kappa shape index (κ3) is 5.74. The Hall–Kier alpha value is -2.35. The summed E-state index contributed by atoms with van der Waals surface area (Å²) in [6, 6.07) is 3.50. The van der Waals surface area contributed by atoms with E-state index >= 15 is 0 Å². The van der Waals surface area contributed by atoms with Gasteiger partial charge in [-0.2, -0.15) is 0 Å². The van der Waals surface area contributed by atoms with Crippen LogP contribution in [0.4, 0.5) is 4.79 Å². The number of carbonyl (C=O) groups is 2. The van der Waals surface area contributed by atoms with Crippen LogP contribution >= 0.6 is 0 Å². The lowest BCUT2D eigenvalue weighted by atomic mass is 10.3. The summed E-state index contributed by atoms with van der Waals surface area (Å²) in [5, 5.41) is 2.81. The van der Waals surface area contributed by atoms with Gasteiger partial charge in [-0.05, 0) is 12.1 Å². The van der Waals surface area contributed by atoms with Crippen molar-refractivity contribution in [3.63, 3.8) is 0 Å². The van der Waals surface area contributed by atoms with Crippen LogP contribution in [-0.2, 0) is 9.53 Å². The average Bonchev–Trinajstić information content (AvgIpc) is 2.61. The fourth-order valence-corrected chi connectivity index (χ4v) is 2.27. The van der Waals surface area contributed by atoms with Crippen LogP contribution in [0, 0.1) is 0 Å². The zero-order valence-corrected chi connectivity index (χ0v) is 13.2. The van der Waals surface area contributed by atoms with Crippen molar-refractivity contribution in [3.05, 3.63) is 24.5 Å². The summed E-state index contributed by atoms with van der Waals surface area (Å²) in [6.45, 7) is 4.10. The Morgan fingerprint density at radius 1 is 1.30 bits per heavy atom. The molecule has 23 heavy (non-hydrogen) atoms. The lowest BCUT2D eigenvalue weighted by molar-refractivity contribution is -0.123. The monoisotopic (exact) mass is 322 g/mol. The third-order valence-electron chi connectivity index (χ3n) is 3.56. The number of aromatic nitrogens is 1. The molecule has 0 saturated carbocycles. The van der Waals surface area contributed by atoms with Crippen LogP contribution in [0.15, 0.2) is 24.5 Å². The number of pyridine rings is 1. The minimum absolute atomic E-state index is 0.0260. The van der Waals surface area contributed by atoms with E-state index in [9.17, 15) is 9.59 Å². The van der Waals surface area contributed by atoms with Crippen molar-refractivity contribution in [2.75, 3.05) is 53.0 Å². The van der Waals surface area contributed by atoms with Gasteiger partial charge < -0.3 is 19.7 Å². The van der Waals surface area contributed by atoms with Gasteiger partial charge in [0.1, 0.15) is 5.75 Å². The molecule has 0 unspecified atom stereocenters. The first-order valence-electron chi connectivity index (χ1n) is 7.54. The van der Waals surface area contributed by atoms with E-state index in [1.807, 2.05) is 0 Å². The number of nitrogens with zero attached hydrogens (tertiary/aromatic N) is 3. The molecular formula is C15H22N4O4. The number of methoxy groups -OCH3 is 1. The minimum atomic E-state index is -0.287. The largest absolute Gasteiger partial charge is 0.482 e. The van der Waals surface area contributed by atoms with Crippen LogP contribution in [0.3, 0.4) is 0 Å². The van der Waals surface area contributed by atoms with Crippen molar-refractivity contribution < 1.29 is 19.1 Å². The number of ether oxygens (including phenoxy) is 2. The number of carbonyl (C=O) groups excluding carboxylic acids is 2. The molecule has 8 heteroatoms. The zero-order valence-electron chi connectivity index (χ0n) is 13.2. The first kappa shape index (κ1) is 17.0. The smallest absolute Gasteiger partial charge is 0.409 e. The Balaban J connectivity index is 1.57. The summed E-state index contributed by atoms with van der Waals surface area (Å²) < 4.78 is 10.0. The van der Waals surface area contributed by atoms with Crippen molar-refractivity contribution in [3.8, 4) is 5.75 Å². The molecule has 1 N–H and O–H groups in total. The Kier molecular flexibility index (Phi) is 6.61. The molecule has 8 nitrogen and oxygen atoms in total. The number of piperazine rings is 1.